The quantitative estimate of drug-likeness (QED) is 0.271. The van der Waals surface area contributed by atoms with Gasteiger partial charge in [0.2, 0.25) is 0 Å². The van der Waals surface area contributed by atoms with Crippen molar-refractivity contribution in [3.05, 3.63) is 127 Å². The molecule has 0 radical (unpaired) electrons. The predicted octanol–water partition coefficient (Wildman–Crippen LogP) is 8.15. The first-order valence-electron chi connectivity index (χ1n) is 12.2. The van der Waals surface area contributed by atoms with E-state index in [1.165, 1.54) is 22.3 Å². The molecule has 5 aromatic rings. The molecule has 0 unspecified atom stereocenters. The van der Waals surface area contributed by atoms with Crippen molar-refractivity contribution >= 4 is 0 Å². The Morgan fingerprint density at radius 1 is 0.629 bits per heavy atom. The molecule has 5 rings (SSSR count). The van der Waals surface area contributed by atoms with Gasteiger partial charge in [0.05, 0.1) is 0 Å². The number of nitrogens with zero attached hydrogens (tertiary/aromatic N) is 3. The van der Waals surface area contributed by atoms with Crippen LogP contribution in [0.3, 0.4) is 0 Å². The van der Waals surface area contributed by atoms with E-state index in [4.69, 9.17) is 0 Å². The maximum Gasteiger partial charge on any atom is 0.168 e. The van der Waals surface area contributed by atoms with Crippen molar-refractivity contribution < 1.29 is 0 Å². The van der Waals surface area contributed by atoms with Crippen LogP contribution in [-0.4, -0.2) is 14.8 Å². The van der Waals surface area contributed by atoms with E-state index < -0.39 is 0 Å². The molecule has 0 atom stereocenters. The molecular weight excluding hydrogens is 426 g/mol. The number of benzene rings is 4. The molecule has 1 aromatic heterocycles. The molecule has 35 heavy (non-hydrogen) atoms. The van der Waals surface area contributed by atoms with E-state index in [2.05, 4.69) is 135 Å². The molecule has 0 saturated heterocycles. The fraction of sp³-hybridized carbons (Fsp3) is 0.188. The number of hydrogen-bond acceptors (Lipinski definition) is 2. The summed E-state index contributed by atoms with van der Waals surface area (Å²) in [5.41, 5.74) is 7.52. The summed E-state index contributed by atoms with van der Waals surface area (Å²) in [6.45, 7) is 8.83. The highest BCUT2D eigenvalue weighted by Gasteiger charge is 2.15. The first-order chi connectivity index (χ1) is 17.0. The lowest BCUT2D eigenvalue weighted by Crippen LogP contribution is -2.10. The second kappa shape index (κ2) is 11.0. The van der Waals surface area contributed by atoms with Crippen molar-refractivity contribution in [1.29, 1.82) is 0 Å². The third kappa shape index (κ3) is 6.13. The van der Waals surface area contributed by atoms with Gasteiger partial charge in [-0.05, 0) is 46.2 Å². The van der Waals surface area contributed by atoms with Crippen LogP contribution in [0.1, 0.15) is 38.8 Å². The maximum absolute atomic E-state index is 4.31. The first kappa shape index (κ1) is 24.2. The van der Waals surface area contributed by atoms with Crippen molar-refractivity contribution in [2.24, 2.45) is 0 Å². The topological polar surface area (TPSA) is 30.7 Å². The Kier molecular flexibility index (Phi) is 7.57. The standard InChI is InChI=1S/C20H23N3.C12H10/c1-5-15-6-12-18(13-7-15)23-14-21-22-19(23)16-8-10-17(11-9-16)20(2,3)4;1-3-7-11(8-4-1)12-9-5-2-6-10-12/h6-14H,5H2,1-4H3;1-10H. The summed E-state index contributed by atoms with van der Waals surface area (Å²) in [5.74, 6) is 0.870. The molecule has 3 heteroatoms. The molecule has 4 aromatic carbocycles. The zero-order valence-electron chi connectivity index (χ0n) is 21.0. The van der Waals surface area contributed by atoms with E-state index in [0.29, 0.717) is 0 Å². The average molecular weight is 460 g/mol. The van der Waals surface area contributed by atoms with E-state index in [-0.39, 0.29) is 5.41 Å². The van der Waals surface area contributed by atoms with Crippen LogP contribution in [0, 0.1) is 0 Å². The molecule has 176 valence electrons. The number of aromatic nitrogens is 3. The fourth-order valence-electron chi connectivity index (χ4n) is 3.89. The lowest BCUT2D eigenvalue weighted by molar-refractivity contribution is 0.590. The highest BCUT2D eigenvalue weighted by molar-refractivity contribution is 5.62. The smallest absolute Gasteiger partial charge is 0.168 e. The van der Waals surface area contributed by atoms with Crippen LogP contribution in [0.2, 0.25) is 0 Å². The van der Waals surface area contributed by atoms with E-state index in [1.54, 1.807) is 6.33 Å². The Hall–Kier alpha value is -3.98. The van der Waals surface area contributed by atoms with Gasteiger partial charge in [-0.15, -0.1) is 10.2 Å². The number of rotatable bonds is 4. The van der Waals surface area contributed by atoms with Gasteiger partial charge in [-0.3, -0.25) is 4.57 Å². The molecule has 3 nitrogen and oxygen atoms in total. The lowest BCUT2D eigenvalue weighted by atomic mass is 9.87. The SMILES string of the molecule is CCc1ccc(-n2cnnc2-c2ccc(C(C)(C)C)cc2)cc1.c1ccc(-c2ccccc2)cc1. The molecule has 1 heterocycles. The Labute approximate surface area is 209 Å². The number of aryl methyl sites for hydroxylation is 1. The summed E-state index contributed by atoms with van der Waals surface area (Å²) >= 11 is 0. The highest BCUT2D eigenvalue weighted by atomic mass is 15.3. The molecule has 0 bridgehead atoms. The van der Waals surface area contributed by atoms with Crippen molar-refractivity contribution in [3.8, 4) is 28.2 Å². The third-order valence-corrected chi connectivity index (χ3v) is 6.06. The minimum absolute atomic E-state index is 0.155. The van der Waals surface area contributed by atoms with Crippen LogP contribution in [0.4, 0.5) is 0 Å². The Morgan fingerprint density at radius 2 is 1.17 bits per heavy atom. The summed E-state index contributed by atoms with van der Waals surface area (Å²) in [5, 5.41) is 8.41. The van der Waals surface area contributed by atoms with Crippen LogP contribution < -0.4 is 0 Å². The van der Waals surface area contributed by atoms with Gasteiger partial charge >= 0.3 is 0 Å². The van der Waals surface area contributed by atoms with Crippen molar-refractivity contribution in [2.75, 3.05) is 0 Å². The largest absolute Gasteiger partial charge is 0.282 e. The predicted molar refractivity (Wildman–Crippen MR) is 147 cm³/mol. The summed E-state index contributed by atoms with van der Waals surface area (Å²) in [4.78, 5) is 0. The molecule has 0 amide bonds. The monoisotopic (exact) mass is 459 g/mol. The zero-order chi connectivity index (χ0) is 24.7. The summed E-state index contributed by atoms with van der Waals surface area (Å²) in [6, 6.07) is 37.9. The Balaban J connectivity index is 0.000000201. The van der Waals surface area contributed by atoms with E-state index in [1.807, 2.05) is 16.7 Å². The highest BCUT2D eigenvalue weighted by Crippen LogP contribution is 2.26. The second-order valence-corrected chi connectivity index (χ2v) is 9.60. The third-order valence-electron chi connectivity index (χ3n) is 6.06. The maximum atomic E-state index is 4.31. The van der Waals surface area contributed by atoms with Gasteiger partial charge < -0.3 is 0 Å². The van der Waals surface area contributed by atoms with Gasteiger partial charge in [-0.1, -0.05) is 125 Å². The zero-order valence-corrected chi connectivity index (χ0v) is 21.0. The van der Waals surface area contributed by atoms with Crippen molar-refractivity contribution in [2.45, 2.75) is 39.5 Å². The van der Waals surface area contributed by atoms with Gasteiger partial charge in [0.25, 0.3) is 0 Å². The van der Waals surface area contributed by atoms with Crippen LogP contribution in [0.25, 0.3) is 28.2 Å². The van der Waals surface area contributed by atoms with Crippen LogP contribution in [0.15, 0.2) is 116 Å². The Morgan fingerprint density at radius 3 is 1.66 bits per heavy atom. The summed E-state index contributed by atoms with van der Waals surface area (Å²) in [7, 11) is 0. The average Bonchev–Trinajstić information content (AvgIpc) is 3.40. The van der Waals surface area contributed by atoms with E-state index in [0.717, 1.165) is 23.5 Å². The fourth-order valence-corrected chi connectivity index (χ4v) is 3.89. The van der Waals surface area contributed by atoms with Crippen LogP contribution >= 0.6 is 0 Å². The molecule has 0 fully saturated rings. The normalized spacial score (nSPS) is 11.0. The van der Waals surface area contributed by atoms with Crippen molar-refractivity contribution in [1.82, 2.24) is 14.8 Å². The van der Waals surface area contributed by atoms with Gasteiger partial charge in [0.1, 0.15) is 6.33 Å². The molecule has 0 aliphatic carbocycles. The minimum Gasteiger partial charge on any atom is -0.282 e. The number of hydrogen-bond donors (Lipinski definition) is 0. The molecular formula is C32H33N3. The van der Waals surface area contributed by atoms with Gasteiger partial charge in [-0.2, -0.15) is 0 Å². The minimum atomic E-state index is 0.155. The molecule has 0 aliphatic heterocycles. The van der Waals surface area contributed by atoms with E-state index >= 15 is 0 Å². The van der Waals surface area contributed by atoms with Gasteiger partial charge in [0.15, 0.2) is 5.82 Å². The molecule has 0 aliphatic rings. The first-order valence-corrected chi connectivity index (χ1v) is 12.2. The Bertz CT molecular complexity index is 1270. The second-order valence-electron chi connectivity index (χ2n) is 9.60. The van der Waals surface area contributed by atoms with Gasteiger partial charge in [0, 0.05) is 11.3 Å². The van der Waals surface area contributed by atoms with Crippen LogP contribution in [0.5, 0.6) is 0 Å². The van der Waals surface area contributed by atoms with Crippen LogP contribution in [-0.2, 0) is 11.8 Å². The lowest BCUT2D eigenvalue weighted by Gasteiger charge is -2.19. The van der Waals surface area contributed by atoms with Crippen molar-refractivity contribution in [3.63, 3.8) is 0 Å². The summed E-state index contributed by atoms with van der Waals surface area (Å²) in [6.07, 6.45) is 2.82. The summed E-state index contributed by atoms with van der Waals surface area (Å²) < 4.78 is 2.03. The molecule has 0 saturated carbocycles. The van der Waals surface area contributed by atoms with E-state index in [9.17, 15) is 0 Å². The molecule has 0 N–H and O–H groups in total. The molecule has 0 spiro atoms. The van der Waals surface area contributed by atoms with Gasteiger partial charge in [-0.25, -0.2) is 0 Å².